The Labute approximate surface area is 562 Å². The van der Waals surface area contributed by atoms with E-state index in [0.717, 1.165) is 102 Å². The number of phosphoric acid groups is 2. The minimum absolute atomic E-state index is 0.103. The quantitative estimate of drug-likeness (QED) is 0.0222. The Balaban J connectivity index is 5.23. The van der Waals surface area contributed by atoms with E-state index in [0.29, 0.717) is 31.6 Å². The first-order valence-electron chi connectivity index (χ1n) is 37.9. The van der Waals surface area contributed by atoms with Crippen molar-refractivity contribution in [1.29, 1.82) is 0 Å². The van der Waals surface area contributed by atoms with E-state index in [9.17, 15) is 43.2 Å². The molecule has 0 fully saturated rings. The van der Waals surface area contributed by atoms with Gasteiger partial charge in [0.15, 0.2) is 12.2 Å². The Morgan fingerprint density at radius 3 is 0.826 bits per heavy atom. The number of phosphoric ester groups is 2. The molecule has 19 heteroatoms. The van der Waals surface area contributed by atoms with Gasteiger partial charge >= 0.3 is 39.5 Å². The SMILES string of the molecule is CCCCCCCCCCCCC(=O)OC[C@H](COP(=O)(O)OC[C@H](O)COP(=O)(O)OC[C@@H](COC(=O)CCCCCCCCCCCCC(C)CC)OC(=O)CCCCCCCCCCCCCCCCCC(C)C)OC(=O)CCCCCCCCCC(C)C. The second-order valence-corrected chi connectivity index (χ2v) is 30.4. The Hall–Kier alpha value is -1.94. The number of rotatable bonds is 71. The maximum atomic E-state index is 13.1. The predicted molar refractivity (Wildman–Crippen MR) is 372 cm³/mol. The van der Waals surface area contributed by atoms with Crippen molar-refractivity contribution in [1.82, 2.24) is 0 Å². The summed E-state index contributed by atoms with van der Waals surface area (Å²) in [5.41, 5.74) is 0. The average Bonchev–Trinajstić information content (AvgIpc) is 1.56. The molecule has 0 bridgehead atoms. The number of carbonyl (C=O) groups excluding carboxylic acids is 4. The van der Waals surface area contributed by atoms with E-state index >= 15 is 0 Å². The second-order valence-electron chi connectivity index (χ2n) is 27.5. The van der Waals surface area contributed by atoms with Gasteiger partial charge in [0, 0.05) is 25.7 Å². The van der Waals surface area contributed by atoms with E-state index in [1.54, 1.807) is 0 Å². The molecule has 0 spiro atoms. The van der Waals surface area contributed by atoms with E-state index in [4.69, 9.17) is 37.0 Å². The van der Waals surface area contributed by atoms with Crippen LogP contribution in [0.4, 0.5) is 0 Å². The number of hydrogen-bond donors (Lipinski definition) is 3. The topological polar surface area (TPSA) is 237 Å². The first-order valence-corrected chi connectivity index (χ1v) is 40.9. The molecule has 92 heavy (non-hydrogen) atoms. The lowest BCUT2D eigenvalue weighted by molar-refractivity contribution is -0.161. The molecule has 0 saturated carbocycles. The molecule has 0 aromatic rings. The van der Waals surface area contributed by atoms with E-state index < -0.39 is 97.5 Å². The van der Waals surface area contributed by atoms with Crippen molar-refractivity contribution in [2.24, 2.45) is 17.8 Å². The molecule has 0 aromatic heterocycles. The summed E-state index contributed by atoms with van der Waals surface area (Å²) >= 11 is 0. The lowest BCUT2D eigenvalue weighted by Crippen LogP contribution is -2.30. The number of aliphatic hydroxyl groups is 1. The third-order valence-corrected chi connectivity index (χ3v) is 19.1. The van der Waals surface area contributed by atoms with Crippen molar-refractivity contribution >= 4 is 39.5 Å². The van der Waals surface area contributed by atoms with Gasteiger partial charge < -0.3 is 33.8 Å². The predicted octanol–water partition coefficient (Wildman–Crippen LogP) is 21.0. The van der Waals surface area contributed by atoms with Crippen LogP contribution in [0.5, 0.6) is 0 Å². The van der Waals surface area contributed by atoms with Crippen molar-refractivity contribution in [3.8, 4) is 0 Å². The molecule has 0 aliphatic rings. The van der Waals surface area contributed by atoms with Crippen LogP contribution in [0.2, 0.25) is 0 Å². The number of esters is 4. The highest BCUT2D eigenvalue weighted by atomic mass is 31.2. The number of carbonyl (C=O) groups is 4. The molecule has 6 atom stereocenters. The van der Waals surface area contributed by atoms with Crippen molar-refractivity contribution in [3.63, 3.8) is 0 Å². The van der Waals surface area contributed by atoms with Crippen LogP contribution in [0, 0.1) is 17.8 Å². The Morgan fingerprint density at radius 2 is 0.554 bits per heavy atom. The number of hydrogen-bond acceptors (Lipinski definition) is 15. The molecule has 3 N–H and O–H groups in total. The fourth-order valence-electron chi connectivity index (χ4n) is 11.0. The largest absolute Gasteiger partial charge is 0.472 e. The summed E-state index contributed by atoms with van der Waals surface area (Å²) in [6, 6.07) is 0. The molecule has 546 valence electrons. The van der Waals surface area contributed by atoms with Gasteiger partial charge in [-0.15, -0.1) is 0 Å². The van der Waals surface area contributed by atoms with Crippen LogP contribution in [0.25, 0.3) is 0 Å². The van der Waals surface area contributed by atoms with Gasteiger partial charge in [-0.05, 0) is 43.4 Å². The van der Waals surface area contributed by atoms with Crippen molar-refractivity contribution in [2.75, 3.05) is 39.6 Å². The van der Waals surface area contributed by atoms with Crippen molar-refractivity contribution in [2.45, 2.75) is 388 Å². The molecule has 17 nitrogen and oxygen atoms in total. The third kappa shape index (κ3) is 65.4. The van der Waals surface area contributed by atoms with Crippen LogP contribution in [0.3, 0.4) is 0 Å². The molecule has 0 amide bonds. The summed E-state index contributed by atoms with van der Waals surface area (Å²) in [6.45, 7) is 11.9. The summed E-state index contributed by atoms with van der Waals surface area (Å²) in [5.74, 6) is 0.184. The van der Waals surface area contributed by atoms with E-state index in [1.807, 2.05) is 0 Å². The highest BCUT2D eigenvalue weighted by Gasteiger charge is 2.30. The fraction of sp³-hybridized carbons (Fsp3) is 0.945. The number of ether oxygens (including phenoxy) is 4. The highest BCUT2D eigenvalue weighted by Crippen LogP contribution is 2.45. The summed E-state index contributed by atoms with van der Waals surface area (Å²) in [5, 5.41) is 10.6. The Kier molecular flexibility index (Phi) is 62.4. The van der Waals surface area contributed by atoms with Gasteiger partial charge in [-0.1, -0.05) is 318 Å². The smallest absolute Gasteiger partial charge is 0.462 e. The zero-order chi connectivity index (χ0) is 68.0. The third-order valence-electron chi connectivity index (χ3n) is 17.2. The lowest BCUT2D eigenvalue weighted by atomic mass is 9.99. The molecule has 0 heterocycles. The van der Waals surface area contributed by atoms with Crippen molar-refractivity contribution in [3.05, 3.63) is 0 Å². The number of unbranched alkanes of at least 4 members (excludes halogenated alkanes) is 38. The molecule has 0 aliphatic carbocycles. The van der Waals surface area contributed by atoms with Gasteiger partial charge in [0.1, 0.15) is 19.3 Å². The summed E-state index contributed by atoms with van der Waals surface area (Å²) in [4.78, 5) is 72.6. The van der Waals surface area contributed by atoms with E-state index in [1.165, 1.54) is 180 Å². The summed E-state index contributed by atoms with van der Waals surface area (Å²) in [7, 11) is -9.90. The van der Waals surface area contributed by atoms with Crippen LogP contribution in [-0.4, -0.2) is 96.7 Å². The minimum Gasteiger partial charge on any atom is -0.462 e. The lowest BCUT2D eigenvalue weighted by Gasteiger charge is -2.21. The van der Waals surface area contributed by atoms with Crippen molar-refractivity contribution < 1.29 is 80.2 Å². The van der Waals surface area contributed by atoms with Gasteiger partial charge in [0.2, 0.25) is 0 Å². The first kappa shape index (κ1) is 90.1. The standard InChI is InChI=1S/C73H142O17P2/c1-8-10-11-12-13-14-26-33-40-47-54-70(75)83-61-69(90-73(78)57-50-43-36-29-31-38-45-52-65(5)6)63-88-92(81,82)86-59-67(74)58-85-91(79,80)87-62-68(60-84-71(76)55-48-41-34-27-23-22-25-32-39-46-53-66(7)9-2)89-72(77)56-49-42-35-28-21-19-17-15-16-18-20-24-30-37-44-51-64(3)4/h64-69,74H,8-63H2,1-7H3,(H,79,80)(H,81,82)/t66?,67-,68-,69-/m1/s1. The first-order chi connectivity index (χ1) is 44.3. The zero-order valence-corrected chi connectivity index (χ0v) is 61.8. The van der Waals surface area contributed by atoms with Gasteiger partial charge in [0.05, 0.1) is 26.4 Å². The monoisotopic (exact) mass is 1350 g/mol. The maximum Gasteiger partial charge on any atom is 0.472 e. The molecular weight excluding hydrogens is 1210 g/mol. The van der Waals surface area contributed by atoms with Gasteiger partial charge in [0.25, 0.3) is 0 Å². The van der Waals surface area contributed by atoms with Gasteiger partial charge in [-0.3, -0.25) is 37.3 Å². The summed E-state index contributed by atoms with van der Waals surface area (Å²) < 4.78 is 68.4. The number of aliphatic hydroxyl groups excluding tert-OH is 1. The minimum atomic E-state index is -4.96. The molecule has 0 aliphatic heterocycles. The van der Waals surface area contributed by atoms with E-state index in [2.05, 4.69) is 48.5 Å². The molecule has 3 unspecified atom stereocenters. The van der Waals surface area contributed by atoms with Crippen LogP contribution in [0.15, 0.2) is 0 Å². The maximum absolute atomic E-state index is 13.1. The van der Waals surface area contributed by atoms with Crippen LogP contribution in [0.1, 0.15) is 370 Å². The molecule has 0 rings (SSSR count). The Bertz CT molecular complexity index is 1800. The highest BCUT2D eigenvalue weighted by molar-refractivity contribution is 7.47. The zero-order valence-electron chi connectivity index (χ0n) is 60.0. The Morgan fingerprint density at radius 1 is 0.315 bits per heavy atom. The van der Waals surface area contributed by atoms with Gasteiger partial charge in [-0.2, -0.15) is 0 Å². The summed E-state index contributed by atoms with van der Waals surface area (Å²) in [6.07, 6.45) is 48.6. The van der Waals surface area contributed by atoms with Gasteiger partial charge in [-0.25, -0.2) is 9.13 Å². The fourth-order valence-corrected chi connectivity index (χ4v) is 12.6. The molecular formula is C73H142O17P2. The normalized spacial score (nSPS) is 14.4. The van der Waals surface area contributed by atoms with Crippen LogP contribution >= 0.6 is 15.6 Å². The molecule has 0 aromatic carbocycles. The second kappa shape index (κ2) is 63.8. The van der Waals surface area contributed by atoms with E-state index in [-0.39, 0.29) is 25.7 Å². The van der Waals surface area contributed by atoms with Crippen LogP contribution < -0.4 is 0 Å². The van der Waals surface area contributed by atoms with Crippen LogP contribution in [-0.2, 0) is 65.4 Å². The molecule has 0 saturated heterocycles. The average molecular weight is 1350 g/mol. The molecule has 0 radical (unpaired) electrons.